The smallest absolute Gasteiger partial charge is 0.0549 e. The molecule has 0 spiro atoms. The molecule has 2 heteroatoms. The molecule has 0 unspecified atom stereocenters. The molecule has 0 N–H and O–H groups in total. The first-order valence-corrected chi connectivity index (χ1v) is 18.0. The molecule has 7 aromatic carbocycles. The number of nitrogens with zero attached hydrogens (tertiary/aromatic N) is 2. The van der Waals surface area contributed by atoms with Crippen LogP contribution in [0.5, 0.6) is 0 Å². The van der Waals surface area contributed by atoms with E-state index in [-0.39, 0.29) is 10.8 Å². The fourth-order valence-electron chi connectivity index (χ4n) is 8.94. The molecule has 0 fully saturated rings. The molecule has 0 aliphatic heterocycles. The number of hydrogen-bond acceptors (Lipinski definition) is 0. The van der Waals surface area contributed by atoms with Crippen molar-refractivity contribution in [2.45, 2.75) is 51.4 Å². The molecule has 0 radical (unpaired) electrons. The van der Waals surface area contributed by atoms with Crippen LogP contribution in [0.4, 0.5) is 0 Å². The topological polar surface area (TPSA) is 9.86 Å². The van der Waals surface area contributed by atoms with Gasteiger partial charge in [-0.3, -0.25) is 0 Å². The van der Waals surface area contributed by atoms with E-state index < -0.39 is 0 Å². The highest BCUT2D eigenvalue weighted by atomic mass is 15.0. The van der Waals surface area contributed by atoms with E-state index in [4.69, 9.17) is 0 Å². The van der Waals surface area contributed by atoms with E-state index in [1.165, 1.54) is 101 Å². The van der Waals surface area contributed by atoms with Crippen molar-refractivity contribution in [2.24, 2.45) is 0 Å². The van der Waals surface area contributed by atoms with E-state index in [0.29, 0.717) is 0 Å². The third kappa shape index (κ3) is 4.21. The first-order chi connectivity index (χ1) is 24.3. The molecule has 2 nitrogen and oxygen atoms in total. The van der Waals surface area contributed by atoms with Gasteiger partial charge in [-0.15, -0.1) is 0 Å². The minimum absolute atomic E-state index is 0.121. The third-order valence-corrected chi connectivity index (χ3v) is 11.7. The molecule has 242 valence electrons. The van der Waals surface area contributed by atoms with Gasteiger partial charge in [-0.1, -0.05) is 119 Å². The van der Waals surface area contributed by atoms with Crippen molar-refractivity contribution >= 4 is 54.4 Å². The summed E-state index contributed by atoms with van der Waals surface area (Å²) >= 11 is 0. The summed E-state index contributed by atoms with van der Waals surface area (Å²) < 4.78 is 5.02. The number of benzene rings is 7. The van der Waals surface area contributed by atoms with Crippen LogP contribution in [0.3, 0.4) is 0 Å². The zero-order chi connectivity index (χ0) is 33.8. The molecule has 50 heavy (non-hydrogen) atoms. The lowest BCUT2D eigenvalue weighted by atomic mass is 9.63. The van der Waals surface area contributed by atoms with Crippen molar-refractivity contribution in [1.82, 2.24) is 9.13 Å². The molecule has 9 aromatic rings. The van der Waals surface area contributed by atoms with Crippen LogP contribution in [0.2, 0.25) is 0 Å². The Balaban J connectivity index is 1.38. The lowest BCUT2D eigenvalue weighted by Crippen LogP contribution is -2.33. The molecule has 2 heterocycles. The van der Waals surface area contributed by atoms with Crippen LogP contribution in [-0.2, 0) is 10.8 Å². The summed E-state index contributed by atoms with van der Waals surface area (Å²) in [4.78, 5) is 0. The normalized spacial score (nSPS) is 15.4. The van der Waals surface area contributed by atoms with Gasteiger partial charge in [0.25, 0.3) is 0 Å². The largest absolute Gasteiger partial charge is 0.309 e. The van der Waals surface area contributed by atoms with Crippen molar-refractivity contribution in [2.75, 3.05) is 0 Å². The van der Waals surface area contributed by atoms with Crippen LogP contribution in [0.25, 0.3) is 76.9 Å². The van der Waals surface area contributed by atoms with E-state index in [2.05, 4.69) is 182 Å². The van der Waals surface area contributed by atoms with Gasteiger partial charge in [0.05, 0.1) is 22.1 Å². The second kappa shape index (κ2) is 10.5. The second-order valence-electron chi connectivity index (χ2n) is 15.7. The molecule has 1 aliphatic carbocycles. The maximum absolute atomic E-state index is 2.55. The van der Waals surface area contributed by atoms with E-state index in [0.717, 1.165) is 0 Å². The van der Waals surface area contributed by atoms with Gasteiger partial charge in [-0.2, -0.15) is 0 Å². The molecule has 0 saturated heterocycles. The highest BCUT2D eigenvalue weighted by Crippen LogP contribution is 2.49. The van der Waals surface area contributed by atoms with Gasteiger partial charge in [0, 0.05) is 32.9 Å². The predicted octanol–water partition coefficient (Wildman–Crippen LogP) is 13.0. The molecule has 10 rings (SSSR count). The Morgan fingerprint density at radius 1 is 0.400 bits per heavy atom. The first kappa shape index (κ1) is 29.3. The van der Waals surface area contributed by atoms with Gasteiger partial charge < -0.3 is 9.13 Å². The number of fused-ring (bicyclic) bond motifs is 9. The first-order valence-electron chi connectivity index (χ1n) is 18.0. The van der Waals surface area contributed by atoms with Crippen LogP contribution in [0, 0.1) is 0 Å². The zero-order valence-corrected chi connectivity index (χ0v) is 29.2. The number of aromatic nitrogens is 2. The Labute approximate surface area is 293 Å². The van der Waals surface area contributed by atoms with Crippen molar-refractivity contribution in [3.05, 3.63) is 157 Å². The minimum atomic E-state index is 0.121. The van der Waals surface area contributed by atoms with Crippen LogP contribution in [-0.4, -0.2) is 9.13 Å². The fourth-order valence-corrected chi connectivity index (χ4v) is 8.94. The van der Waals surface area contributed by atoms with Gasteiger partial charge in [0.15, 0.2) is 0 Å². The average Bonchev–Trinajstić information content (AvgIpc) is 3.64. The zero-order valence-electron chi connectivity index (χ0n) is 29.2. The molecule has 0 atom stereocenters. The Morgan fingerprint density at radius 2 is 0.960 bits per heavy atom. The molecule has 2 aromatic heterocycles. The van der Waals surface area contributed by atoms with Crippen LogP contribution < -0.4 is 0 Å². The number of para-hydroxylation sites is 1. The number of hydrogen-bond donors (Lipinski definition) is 0. The van der Waals surface area contributed by atoms with Crippen LogP contribution >= 0.6 is 0 Å². The SMILES string of the molecule is CC1(C)CCC(C)(C)c2cc3c(cc21)c1cc2c(cc1n3-c1ccccc1)c1c3ccccc3ccc1n2-c1cccc(-c2ccccc2)c1. The van der Waals surface area contributed by atoms with Crippen molar-refractivity contribution < 1.29 is 0 Å². The lowest BCUT2D eigenvalue weighted by molar-refractivity contribution is 0.332. The lowest BCUT2D eigenvalue weighted by Gasteiger charge is -2.42. The van der Waals surface area contributed by atoms with E-state index in [9.17, 15) is 0 Å². The predicted molar refractivity (Wildman–Crippen MR) is 213 cm³/mol. The Bertz CT molecular complexity index is 2790. The summed E-state index contributed by atoms with van der Waals surface area (Å²) in [5.41, 5.74) is 13.0. The van der Waals surface area contributed by atoms with Crippen molar-refractivity contribution in [1.29, 1.82) is 0 Å². The van der Waals surface area contributed by atoms with Gasteiger partial charge >= 0.3 is 0 Å². The highest BCUT2D eigenvalue weighted by molar-refractivity contribution is 6.25. The maximum atomic E-state index is 2.55. The summed E-state index contributed by atoms with van der Waals surface area (Å²) in [6, 6.07) is 54.2. The van der Waals surface area contributed by atoms with Gasteiger partial charge in [-0.25, -0.2) is 0 Å². The van der Waals surface area contributed by atoms with E-state index >= 15 is 0 Å². The fraction of sp³-hybridized carbons (Fsp3) is 0.167. The Hall–Kier alpha value is -5.60. The summed E-state index contributed by atoms with van der Waals surface area (Å²) in [5.74, 6) is 0. The van der Waals surface area contributed by atoms with Crippen LogP contribution in [0.1, 0.15) is 51.7 Å². The van der Waals surface area contributed by atoms with Crippen LogP contribution in [0.15, 0.2) is 146 Å². The molecular formula is C48H40N2. The van der Waals surface area contributed by atoms with E-state index in [1.54, 1.807) is 0 Å². The highest BCUT2D eigenvalue weighted by Gasteiger charge is 2.38. The van der Waals surface area contributed by atoms with Gasteiger partial charge in [0.2, 0.25) is 0 Å². The molecule has 0 saturated carbocycles. The standard InChI is InChI=1S/C48H40N2/c1-47(2)24-25-48(3,4)41-30-45-37(27-40(41)47)38-28-44-39(29-43(38)49(45)34-18-9-6-10-19-34)46-36-21-12-11-16-32(36)22-23-42(46)50(44)35-20-13-17-33(26-35)31-14-7-5-8-15-31/h5-23,26-30H,24-25H2,1-4H3. The number of rotatable bonds is 3. The van der Waals surface area contributed by atoms with Gasteiger partial charge in [0.1, 0.15) is 0 Å². The summed E-state index contributed by atoms with van der Waals surface area (Å²) in [7, 11) is 0. The molecule has 0 amide bonds. The molecule has 0 bridgehead atoms. The summed E-state index contributed by atoms with van der Waals surface area (Å²) in [6.45, 7) is 9.73. The van der Waals surface area contributed by atoms with Gasteiger partial charge in [-0.05, 0) is 111 Å². The Morgan fingerprint density at radius 3 is 1.74 bits per heavy atom. The summed E-state index contributed by atoms with van der Waals surface area (Å²) in [6.07, 6.45) is 2.39. The Kier molecular flexibility index (Phi) is 6.13. The average molecular weight is 645 g/mol. The summed E-state index contributed by atoms with van der Waals surface area (Å²) in [5, 5.41) is 7.75. The van der Waals surface area contributed by atoms with E-state index in [1.807, 2.05) is 0 Å². The second-order valence-corrected chi connectivity index (χ2v) is 15.7. The monoisotopic (exact) mass is 644 g/mol. The minimum Gasteiger partial charge on any atom is -0.309 e. The molecular weight excluding hydrogens is 605 g/mol. The quantitative estimate of drug-likeness (QED) is 0.181. The van der Waals surface area contributed by atoms with Crippen molar-refractivity contribution in [3.63, 3.8) is 0 Å². The maximum Gasteiger partial charge on any atom is 0.0549 e. The third-order valence-electron chi connectivity index (χ3n) is 11.7. The molecule has 1 aliphatic rings. The van der Waals surface area contributed by atoms with Crippen molar-refractivity contribution in [3.8, 4) is 22.5 Å².